The van der Waals surface area contributed by atoms with Crippen LogP contribution >= 0.6 is 0 Å². The quantitative estimate of drug-likeness (QED) is 0.604. The summed E-state index contributed by atoms with van der Waals surface area (Å²) in [6.07, 6.45) is 5.25. The average Bonchev–Trinajstić information content (AvgIpc) is 2.04. The topological polar surface area (TPSA) is 20.2 Å². The normalized spacial score (nSPS) is 11.7. The molecule has 0 fully saturated rings. The third kappa shape index (κ3) is 5.86. The maximum absolute atomic E-state index is 8.64. The highest BCUT2D eigenvalue weighted by atomic mass is 16.3. The molecule has 0 amide bonds. The van der Waals surface area contributed by atoms with E-state index < -0.39 is 0 Å². The molecule has 0 radical (unpaired) electrons. The Labute approximate surface area is 69.4 Å². The van der Waals surface area contributed by atoms with Crippen molar-refractivity contribution in [2.45, 2.75) is 33.1 Å². The van der Waals surface area contributed by atoms with Crippen molar-refractivity contribution in [3.63, 3.8) is 0 Å². The second-order valence-electron chi connectivity index (χ2n) is 2.85. The summed E-state index contributed by atoms with van der Waals surface area (Å²) in [5.74, 6) is 0. The molecule has 0 atom stereocenters. The van der Waals surface area contributed by atoms with E-state index in [0.29, 0.717) is 0 Å². The lowest BCUT2D eigenvalue weighted by Gasteiger charge is -1.98. The van der Waals surface area contributed by atoms with Crippen molar-refractivity contribution in [2.24, 2.45) is 0 Å². The number of hydrogen-bond donors (Lipinski definition) is 1. The van der Waals surface area contributed by atoms with Gasteiger partial charge in [-0.15, -0.1) is 0 Å². The van der Waals surface area contributed by atoms with E-state index in [0.717, 1.165) is 24.8 Å². The zero-order valence-electron chi connectivity index (χ0n) is 7.56. The van der Waals surface area contributed by atoms with Gasteiger partial charge in [-0.05, 0) is 26.2 Å². The summed E-state index contributed by atoms with van der Waals surface area (Å²) in [6.45, 7) is 8.11. The molecule has 0 bridgehead atoms. The first-order valence-corrected chi connectivity index (χ1v) is 4.13. The third-order valence-corrected chi connectivity index (χ3v) is 1.77. The Kier molecular flexibility index (Phi) is 5.86. The van der Waals surface area contributed by atoms with E-state index >= 15 is 0 Å². The summed E-state index contributed by atoms with van der Waals surface area (Å²) in [5, 5.41) is 8.64. The Morgan fingerprint density at radius 3 is 2.64 bits per heavy atom. The minimum absolute atomic E-state index is 0.124. The van der Waals surface area contributed by atoms with Crippen LogP contribution in [0, 0.1) is 0 Å². The van der Waals surface area contributed by atoms with Gasteiger partial charge in [0.2, 0.25) is 0 Å². The molecular formula is C10H18O. The minimum Gasteiger partial charge on any atom is -0.392 e. The van der Waals surface area contributed by atoms with E-state index in [2.05, 4.69) is 26.5 Å². The van der Waals surface area contributed by atoms with Crippen LogP contribution in [-0.2, 0) is 0 Å². The van der Waals surface area contributed by atoms with Gasteiger partial charge in [0.25, 0.3) is 0 Å². The summed E-state index contributed by atoms with van der Waals surface area (Å²) >= 11 is 0. The molecule has 1 nitrogen and oxygen atoms in total. The lowest BCUT2D eigenvalue weighted by Crippen LogP contribution is -1.86. The fourth-order valence-corrected chi connectivity index (χ4v) is 0.746. The molecule has 0 rings (SSSR count). The van der Waals surface area contributed by atoms with E-state index in [9.17, 15) is 0 Å². The van der Waals surface area contributed by atoms with Crippen LogP contribution in [0.4, 0.5) is 0 Å². The molecule has 11 heavy (non-hydrogen) atoms. The molecule has 0 aliphatic carbocycles. The number of aliphatic hydroxyl groups excluding tert-OH is 1. The van der Waals surface area contributed by atoms with Gasteiger partial charge in [-0.3, -0.25) is 0 Å². The van der Waals surface area contributed by atoms with E-state index in [-0.39, 0.29) is 6.61 Å². The van der Waals surface area contributed by atoms with Gasteiger partial charge in [0, 0.05) is 0 Å². The van der Waals surface area contributed by atoms with Crippen molar-refractivity contribution in [1.29, 1.82) is 0 Å². The summed E-state index contributed by atoms with van der Waals surface area (Å²) in [4.78, 5) is 0. The van der Waals surface area contributed by atoms with Crippen molar-refractivity contribution in [3.05, 3.63) is 23.8 Å². The van der Waals surface area contributed by atoms with E-state index in [1.807, 2.05) is 0 Å². The van der Waals surface area contributed by atoms with Gasteiger partial charge in [-0.2, -0.15) is 0 Å². The molecule has 0 spiro atoms. The van der Waals surface area contributed by atoms with Gasteiger partial charge in [-0.25, -0.2) is 0 Å². The van der Waals surface area contributed by atoms with Crippen LogP contribution in [0.5, 0.6) is 0 Å². The van der Waals surface area contributed by atoms with Crippen molar-refractivity contribution in [2.75, 3.05) is 6.61 Å². The van der Waals surface area contributed by atoms with Crippen molar-refractivity contribution in [1.82, 2.24) is 0 Å². The van der Waals surface area contributed by atoms with Gasteiger partial charge in [-0.1, -0.05) is 30.7 Å². The number of hydrogen-bond acceptors (Lipinski definition) is 1. The van der Waals surface area contributed by atoms with Crippen LogP contribution in [0.2, 0.25) is 0 Å². The molecule has 0 aliphatic rings. The maximum atomic E-state index is 8.64. The molecule has 1 N–H and O–H groups in total. The Hall–Kier alpha value is -0.560. The second-order valence-corrected chi connectivity index (χ2v) is 2.85. The average molecular weight is 154 g/mol. The Morgan fingerprint density at radius 1 is 1.55 bits per heavy atom. The van der Waals surface area contributed by atoms with Crippen LogP contribution in [0.3, 0.4) is 0 Å². The summed E-state index contributed by atoms with van der Waals surface area (Å²) < 4.78 is 0. The number of rotatable bonds is 5. The van der Waals surface area contributed by atoms with Crippen molar-refractivity contribution >= 4 is 0 Å². The highest BCUT2D eigenvalue weighted by Crippen LogP contribution is 2.06. The summed E-state index contributed by atoms with van der Waals surface area (Å²) in [5.41, 5.74) is 2.33. The standard InChI is InChI=1S/C10H18O/c1-4-9(2)6-5-7-10(3)8-11/h6,11H,3-5,7-8H2,1-2H3/b9-6-. The summed E-state index contributed by atoms with van der Waals surface area (Å²) in [7, 11) is 0. The first kappa shape index (κ1) is 10.4. The van der Waals surface area contributed by atoms with E-state index in [4.69, 9.17) is 5.11 Å². The zero-order chi connectivity index (χ0) is 8.69. The van der Waals surface area contributed by atoms with Crippen LogP contribution in [-0.4, -0.2) is 11.7 Å². The largest absolute Gasteiger partial charge is 0.392 e. The molecular weight excluding hydrogens is 136 g/mol. The monoisotopic (exact) mass is 154 g/mol. The number of allylic oxidation sites excluding steroid dienone is 2. The molecule has 0 heterocycles. The fraction of sp³-hybridized carbons (Fsp3) is 0.600. The lowest BCUT2D eigenvalue weighted by atomic mass is 10.1. The Bertz CT molecular complexity index is 145. The Morgan fingerprint density at radius 2 is 2.18 bits per heavy atom. The molecule has 0 unspecified atom stereocenters. The maximum Gasteiger partial charge on any atom is 0.0639 e. The van der Waals surface area contributed by atoms with E-state index in [1.54, 1.807) is 0 Å². The SMILES string of the molecule is C=C(CO)CC/C=C(/C)CC. The van der Waals surface area contributed by atoms with Gasteiger partial charge in [0.05, 0.1) is 6.61 Å². The molecule has 0 aliphatic heterocycles. The lowest BCUT2D eigenvalue weighted by molar-refractivity contribution is 0.327. The second kappa shape index (κ2) is 6.17. The smallest absolute Gasteiger partial charge is 0.0639 e. The molecule has 0 aromatic rings. The molecule has 0 aromatic carbocycles. The van der Waals surface area contributed by atoms with Crippen LogP contribution in [0.15, 0.2) is 23.8 Å². The first-order chi connectivity index (χ1) is 5.20. The molecule has 0 aromatic heterocycles. The molecule has 0 saturated heterocycles. The molecule has 1 heteroatoms. The third-order valence-electron chi connectivity index (χ3n) is 1.77. The summed E-state index contributed by atoms with van der Waals surface area (Å²) in [6, 6.07) is 0. The minimum atomic E-state index is 0.124. The van der Waals surface area contributed by atoms with E-state index in [1.165, 1.54) is 5.57 Å². The van der Waals surface area contributed by atoms with Crippen LogP contribution < -0.4 is 0 Å². The zero-order valence-corrected chi connectivity index (χ0v) is 7.56. The molecule has 64 valence electrons. The number of aliphatic hydroxyl groups is 1. The highest BCUT2D eigenvalue weighted by molar-refractivity contribution is 5.01. The van der Waals surface area contributed by atoms with Crippen molar-refractivity contribution in [3.8, 4) is 0 Å². The predicted molar refractivity (Wildman–Crippen MR) is 49.5 cm³/mol. The molecule has 0 saturated carbocycles. The predicted octanol–water partition coefficient (Wildman–Crippen LogP) is 2.67. The van der Waals surface area contributed by atoms with Gasteiger partial charge in [0.1, 0.15) is 0 Å². The van der Waals surface area contributed by atoms with Crippen molar-refractivity contribution < 1.29 is 5.11 Å². The van der Waals surface area contributed by atoms with Gasteiger partial charge < -0.3 is 5.11 Å². The van der Waals surface area contributed by atoms with Crippen LogP contribution in [0.1, 0.15) is 33.1 Å². The van der Waals surface area contributed by atoms with Gasteiger partial charge in [0.15, 0.2) is 0 Å². The Balaban J connectivity index is 3.48. The highest BCUT2D eigenvalue weighted by Gasteiger charge is 1.89. The van der Waals surface area contributed by atoms with Gasteiger partial charge >= 0.3 is 0 Å². The first-order valence-electron chi connectivity index (χ1n) is 4.13. The van der Waals surface area contributed by atoms with Crippen LogP contribution in [0.25, 0.3) is 0 Å². The fourth-order valence-electron chi connectivity index (χ4n) is 0.746.